The van der Waals surface area contributed by atoms with Crippen molar-refractivity contribution in [1.82, 2.24) is 14.8 Å². The quantitative estimate of drug-likeness (QED) is 0.524. The summed E-state index contributed by atoms with van der Waals surface area (Å²) in [5.74, 6) is -0.0966. The van der Waals surface area contributed by atoms with Gasteiger partial charge in [-0.05, 0) is 55.0 Å². The minimum atomic E-state index is -0.747. The van der Waals surface area contributed by atoms with Gasteiger partial charge < -0.3 is 14.5 Å². The molecule has 0 aliphatic carbocycles. The highest BCUT2D eigenvalue weighted by atomic mass is 35.5. The summed E-state index contributed by atoms with van der Waals surface area (Å²) in [6, 6.07) is 13.6. The summed E-state index contributed by atoms with van der Waals surface area (Å²) >= 11 is 5.88. The average Bonchev–Trinajstić information content (AvgIpc) is 3.54. The third kappa shape index (κ3) is 3.21. The molecule has 0 radical (unpaired) electrons. The molecule has 174 valence electrons. The van der Waals surface area contributed by atoms with Gasteiger partial charge in [0.1, 0.15) is 17.9 Å². The van der Waals surface area contributed by atoms with Crippen LogP contribution in [0.2, 0.25) is 5.02 Å². The van der Waals surface area contributed by atoms with Crippen LogP contribution in [-0.2, 0) is 9.59 Å². The van der Waals surface area contributed by atoms with Crippen molar-refractivity contribution < 1.29 is 19.1 Å². The number of ether oxygens (including phenoxy) is 1. The number of nitriles is 1. The number of fused-ring (bicyclic) bond motifs is 6. The standard InChI is InChI=1S/C25H18ClN5O4/c26-15-4-6-17(7-5-15)35-13-21(32)29-12-16-10-20(29)23-24(33)31(25(34)30(16)23)19-8-3-14(11-27)22-18(19)2-1-9-28-22/h1-9,16,20,23H,10,12-13H2/t16-,20?,23-/m1/s1. The zero-order valence-corrected chi connectivity index (χ0v) is 19.1. The number of pyridine rings is 1. The van der Waals surface area contributed by atoms with Crippen LogP contribution in [0.25, 0.3) is 10.9 Å². The monoisotopic (exact) mass is 487 g/mol. The number of hydrogen-bond acceptors (Lipinski definition) is 6. The van der Waals surface area contributed by atoms with Crippen molar-refractivity contribution in [2.45, 2.75) is 24.5 Å². The Bertz CT molecular complexity index is 1440. The average molecular weight is 488 g/mol. The van der Waals surface area contributed by atoms with Crippen LogP contribution in [0.15, 0.2) is 54.7 Å². The summed E-state index contributed by atoms with van der Waals surface area (Å²) in [4.78, 5) is 48.6. The molecule has 0 saturated carbocycles. The molecule has 2 bridgehead atoms. The second kappa shape index (κ2) is 7.96. The number of nitrogens with zero attached hydrogens (tertiary/aromatic N) is 5. The number of aromatic nitrogens is 1. The van der Waals surface area contributed by atoms with Crippen molar-refractivity contribution in [3.8, 4) is 11.8 Å². The van der Waals surface area contributed by atoms with Gasteiger partial charge in [-0.2, -0.15) is 5.26 Å². The summed E-state index contributed by atoms with van der Waals surface area (Å²) in [7, 11) is 0. The van der Waals surface area contributed by atoms with Crippen molar-refractivity contribution in [2.24, 2.45) is 0 Å². The topological polar surface area (TPSA) is 107 Å². The van der Waals surface area contributed by atoms with Crippen LogP contribution < -0.4 is 9.64 Å². The molecular formula is C25H18ClN5O4. The van der Waals surface area contributed by atoms with Gasteiger partial charge in [0.05, 0.1) is 28.9 Å². The third-order valence-electron chi connectivity index (χ3n) is 6.87. The SMILES string of the molecule is N#Cc1ccc(N2C(=O)[C@H]3C4C[C@H](CN4C(=O)COc4ccc(Cl)cc4)N3C2=O)c2cccnc12. The van der Waals surface area contributed by atoms with Crippen molar-refractivity contribution in [1.29, 1.82) is 5.26 Å². The normalized spacial score (nSPS) is 22.6. The van der Waals surface area contributed by atoms with E-state index < -0.39 is 18.1 Å². The first-order valence-corrected chi connectivity index (χ1v) is 11.5. The number of hydrogen-bond donors (Lipinski definition) is 0. The van der Waals surface area contributed by atoms with E-state index in [1.807, 2.05) is 0 Å². The fraction of sp³-hybridized carbons (Fsp3) is 0.240. The highest BCUT2D eigenvalue weighted by Gasteiger charge is 2.63. The Morgan fingerprint density at radius 1 is 1.17 bits per heavy atom. The number of halogens is 1. The Hall–Kier alpha value is -4.16. The molecule has 0 spiro atoms. The molecule has 3 saturated heterocycles. The maximum Gasteiger partial charge on any atom is 0.332 e. The minimum Gasteiger partial charge on any atom is -0.484 e. The predicted octanol–water partition coefficient (Wildman–Crippen LogP) is 2.96. The molecule has 4 heterocycles. The Labute approximate surface area is 205 Å². The van der Waals surface area contributed by atoms with Crippen LogP contribution in [0, 0.1) is 11.3 Å². The summed E-state index contributed by atoms with van der Waals surface area (Å²) in [6.07, 6.45) is 2.12. The number of likely N-dealkylation sites (tertiary alicyclic amines) is 1. The maximum absolute atomic E-state index is 13.6. The van der Waals surface area contributed by atoms with Crippen molar-refractivity contribution in [2.75, 3.05) is 18.1 Å². The summed E-state index contributed by atoms with van der Waals surface area (Å²) < 4.78 is 5.60. The van der Waals surface area contributed by atoms with Gasteiger partial charge in [0.15, 0.2) is 6.61 Å². The number of carbonyl (C=O) groups excluding carboxylic acids is 3. The van der Waals surface area contributed by atoms with E-state index in [1.165, 1.54) is 0 Å². The van der Waals surface area contributed by atoms with Crippen LogP contribution in [0.3, 0.4) is 0 Å². The number of rotatable bonds is 4. The molecule has 3 atom stereocenters. The predicted molar refractivity (Wildman–Crippen MR) is 126 cm³/mol. The van der Waals surface area contributed by atoms with E-state index in [0.717, 1.165) is 4.90 Å². The van der Waals surface area contributed by atoms with Crippen molar-refractivity contribution >= 4 is 46.0 Å². The number of anilines is 1. The van der Waals surface area contributed by atoms with Crippen LogP contribution in [0.5, 0.6) is 5.75 Å². The second-order valence-corrected chi connectivity index (χ2v) is 9.13. The second-order valence-electron chi connectivity index (χ2n) is 8.70. The molecule has 35 heavy (non-hydrogen) atoms. The molecule has 0 N–H and O–H groups in total. The highest BCUT2D eigenvalue weighted by molar-refractivity contribution is 6.30. The summed E-state index contributed by atoms with van der Waals surface area (Å²) in [5.41, 5.74) is 1.18. The van der Waals surface area contributed by atoms with E-state index in [0.29, 0.717) is 45.9 Å². The lowest BCUT2D eigenvalue weighted by Crippen LogP contribution is -2.55. The first kappa shape index (κ1) is 21.4. The first-order chi connectivity index (χ1) is 17.0. The van der Waals surface area contributed by atoms with E-state index in [2.05, 4.69) is 11.1 Å². The third-order valence-corrected chi connectivity index (χ3v) is 7.12. The Morgan fingerprint density at radius 3 is 2.74 bits per heavy atom. The number of amides is 4. The van der Waals surface area contributed by atoms with Gasteiger partial charge in [-0.3, -0.25) is 14.6 Å². The Kier molecular flexibility index (Phi) is 4.86. The molecule has 2 aromatic carbocycles. The number of carbonyl (C=O) groups is 3. The van der Waals surface area contributed by atoms with E-state index in [1.54, 1.807) is 64.5 Å². The highest BCUT2D eigenvalue weighted by Crippen LogP contribution is 2.43. The molecule has 4 amide bonds. The molecule has 1 unspecified atom stereocenters. The fourth-order valence-electron chi connectivity index (χ4n) is 5.37. The lowest BCUT2D eigenvalue weighted by atomic mass is 10.1. The zero-order valence-electron chi connectivity index (χ0n) is 18.3. The summed E-state index contributed by atoms with van der Waals surface area (Å²) in [6.45, 7) is 0.182. The van der Waals surface area contributed by atoms with Crippen molar-refractivity contribution in [3.05, 3.63) is 65.3 Å². The number of piperazine rings is 1. The van der Waals surface area contributed by atoms with Gasteiger partial charge in [-0.1, -0.05) is 11.6 Å². The number of urea groups is 1. The van der Waals surface area contributed by atoms with Gasteiger partial charge in [0, 0.05) is 23.2 Å². The van der Waals surface area contributed by atoms with Crippen LogP contribution >= 0.6 is 11.6 Å². The van der Waals surface area contributed by atoms with Gasteiger partial charge in [0.25, 0.3) is 11.8 Å². The summed E-state index contributed by atoms with van der Waals surface area (Å²) in [5, 5.41) is 10.5. The molecule has 3 aromatic rings. The van der Waals surface area contributed by atoms with Gasteiger partial charge in [0.2, 0.25) is 0 Å². The van der Waals surface area contributed by atoms with E-state index in [-0.39, 0.29) is 24.5 Å². The molecule has 10 heteroatoms. The Balaban J connectivity index is 1.25. The zero-order chi connectivity index (χ0) is 24.3. The Morgan fingerprint density at radius 2 is 1.97 bits per heavy atom. The van der Waals surface area contributed by atoms with E-state index in [4.69, 9.17) is 16.3 Å². The lowest BCUT2D eigenvalue weighted by molar-refractivity contribution is -0.137. The molecule has 9 nitrogen and oxygen atoms in total. The largest absolute Gasteiger partial charge is 0.484 e. The van der Waals surface area contributed by atoms with Crippen LogP contribution in [0.1, 0.15) is 12.0 Å². The fourth-order valence-corrected chi connectivity index (χ4v) is 5.49. The smallest absolute Gasteiger partial charge is 0.332 e. The number of benzene rings is 2. The minimum absolute atomic E-state index is 0.171. The van der Waals surface area contributed by atoms with Crippen molar-refractivity contribution in [3.63, 3.8) is 0 Å². The maximum atomic E-state index is 13.6. The molecule has 3 fully saturated rings. The van der Waals surface area contributed by atoms with Crippen LogP contribution in [0.4, 0.5) is 10.5 Å². The molecule has 6 rings (SSSR count). The molecule has 3 aliphatic rings. The van der Waals surface area contributed by atoms with E-state index >= 15 is 0 Å². The first-order valence-electron chi connectivity index (χ1n) is 11.1. The number of imide groups is 1. The van der Waals surface area contributed by atoms with Crippen LogP contribution in [-0.4, -0.2) is 63.9 Å². The molecular weight excluding hydrogens is 470 g/mol. The van der Waals surface area contributed by atoms with Gasteiger partial charge >= 0.3 is 6.03 Å². The molecule has 3 aliphatic heterocycles. The van der Waals surface area contributed by atoms with Gasteiger partial charge in [-0.15, -0.1) is 0 Å². The van der Waals surface area contributed by atoms with E-state index in [9.17, 15) is 19.6 Å². The lowest BCUT2D eigenvalue weighted by Gasteiger charge is -2.34. The molecule has 1 aromatic heterocycles. The van der Waals surface area contributed by atoms with Gasteiger partial charge in [-0.25, -0.2) is 9.69 Å².